The van der Waals surface area contributed by atoms with Gasteiger partial charge in [0.1, 0.15) is 11.6 Å². The number of halogens is 3. The van der Waals surface area contributed by atoms with Crippen LogP contribution in [-0.4, -0.2) is 4.98 Å². The van der Waals surface area contributed by atoms with E-state index in [1.165, 1.54) is 17.4 Å². The molecule has 0 saturated heterocycles. The molecule has 3 nitrogen and oxygen atoms in total. The van der Waals surface area contributed by atoms with Crippen molar-refractivity contribution in [1.82, 2.24) is 10.3 Å². The van der Waals surface area contributed by atoms with Gasteiger partial charge < -0.3 is 11.1 Å². The molecule has 1 aromatic carbocycles. The highest BCUT2D eigenvalue weighted by Crippen LogP contribution is 2.39. The summed E-state index contributed by atoms with van der Waals surface area (Å²) in [6, 6.07) is 3.88. The van der Waals surface area contributed by atoms with Gasteiger partial charge in [-0.25, -0.2) is 13.8 Å². The fourth-order valence-electron chi connectivity index (χ4n) is 3.23. The van der Waals surface area contributed by atoms with Crippen LogP contribution < -0.4 is 11.1 Å². The third kappa shape index (κ3) is 4.00. The lowest BCUT2D eigenvalue weighted by atomic mass is 9.76. The number of aromatic nitrogens is 1. The molecule has 0 atom stereocenters. The number of nitrogens with two attached hydrogens (primary N) is 1. The summed E-state index contributed by atoms with van der Waals surface area (Å²) in [4.78, 5) is 5.06. The second kappa shape index (κ2) is 7.55. The molecule has 1 heterocycles. The standard InChI is InChI=1S/C16H19F2N3S.ClH/c17-11-4-5-13(14(18)8-11)16(6-2-1-3-7-16)21-10-12-9-20-15(19)22-12;/h4-5,8-9,21H,1-3,6-7,10H2,(H2,19,20);1H. The Morgan fingerprint density at radius 2 is 1.96 bits per heavy atom. The van der Waals surface area contributed by atoms with Gasteiger partial charge in [0.05, 0.1) is 0 Å². The van der Waals surface area contributed by atoms with Crippen LogP contribution in [-0.2, 0) is 12.1 Å². The van der Waals surface area contributed by atoms with Crippen molar-refractivity contribution in [3.63, 3.8) is 0 Å². The number of thiazole rings is 1. The molecule has 1 aliphatic carbocycles. The number of hydrogen-bond acceptors (Lipinski definition) is 4. The van der Waals surface area contributed by atoms with Crippen LogP contribution in [0.15, 0.2) is 24.4 Å². The van der Waals surface area contributed by atoms with Crippen LogP contribution in [0.5, 0.6) is 0 Å². The molecule has 1 aliphatic rings. The first kappa shape index (κ1) is 18.1. The molecule has 1 aromatic heterocycles. The van der Waals surface area contributed by atoms with E-state index in [0.717, 1.165) is 43.0 Å². The molecule has 3 N–H and O–H groups in total. The van der Waals surface area contributed by atoms with Crippen molar-refractivity contribution < 1.29 is 8.78 Å². The summed E-state index contributed by atoms with van der Waals surface area (Å²) in [5.41, 5.74) is 5.78. The van der Waals surface area contributed by atoms with Crippen molar-refractivity contribution in [2.75, 3.05) is 5.73 Å². The molecule has 23 heavy (non-hydrogen) atoms. The van der Waals surface area contributed by atoms with Gasteiger partial charge in [0.15, 0.2) is 5.13 Å². The van der Waals surface area contributed by atoms with Crippen LogP contribution in [0.2, 0.25) is 0 Å². The number of nitrogen functional groups attached to an aromatic ring is 1. The van der Waals surface area contributed by atoms with E-state index in [9.17, 15) is 8.78 Å². The highest BCUT2D eigenvalue weighted by molar-refractivity contribution is 7.15. The Bertz CT molecular complexity index is 657. The number of nitrogens with zero attached hydrogens (tertiary/aromatic N) is 1. The number of rotatable bonds is 4. The van der Waals surface area contributed by atoms with Gasteiger partial charge in [0.2, 0.25) is 0 Å². The summed E-state index contributed by atoms with van der Waals surface area (Å²) in [5.74, 6) is -1.01. The lowest BCUT2D eigenvalue weighted by Crippen LogP contribution is -2.44. The van der Waals surface area contributed by atoms with Gasteiger partial charge in [-0.1, -0.05) is 25.3 Å². The topological polar surface area (TPSA) is 50.9 Å². The SMILES string of the molecule is Cl.Nc1ncc(CNC2(c3ccc(F)cc3F)CCCCC2)s1. The van der Waals surface area contributed by atoms with Crippen LogP contribution in [0.3, 0.4) is 0 Å². The Morgan fingerprint density at radius 3 is 2.57 bits per heavy atom. The van der Waals surface area contributed by atoms with E-state index in [1.54, 1.807) is 12.3 Å². The molecular formula is C16H20ClF2N3S. The zero-order chi connectivity index (χ0) is 15.6. The molecule has 0 amide bonds. The Kier molecular flexibility index (Phi) is 5.95. The van der Waals surface area contributed by atoms with E-state index in [1.807, 2.05) is 0 Å². The predicted molar refractivity (Wildman–Crippen MR) is 91.7 cm³/mol. The van der Waals surface area contributed by atoms with Crippen molar-refractivity contribution in [3.05, 3.63) is 46.5 Å². The van der Waals surface area contributed by atoms with Crippen molar-refractivity contribution >= 4 is 28.9 Å². The highest BCUT2D eigenvalue weighted by atomic mass is 35.5. The fourth-order valence-corrected chi connectivity index (χ4v) is 3.86. The molecule has 0 aliphatic heterocycles. The van der Waals surface area contributed by atoms with Gasteiger partial charge in [-0.2, -0.15) is 0 Å². The normalized spacial score (nSPS) is 16.8. The van der Waals surface area contributed by atoms with Crippen molar-refractivity contribution in [2.24, 2.45) is 0 Å². The van der Waals surface area contributed by atoms with Crippen LogP contribution >= 0.6 is 23.7 Å². The summed E-state index contributed by atoms with van der Waals surface area (Å²) in [6.45, 7) is 0.589. The van der Waals surface area contributed by atoms with Crippen LogP contribution in [0.25, 0.3) is 0 Å². The Labute approximate surface area is 144 Å². The molecule has 0 spiro atoms. The van der Waals surface area contributed by atoms with Gasteiger partial charge in [0, 0.05) is 34.8 Å². The van der Waals surface area contributed by atoms with E-state index in [2.05, 4.69) is 10.3 Å². The molecule has 1 fully saturated rings. The Morgan fingerprint density at radius 1 is 1.22 bits per heavy atom. The molecule has 0 unspecified atom stereocenters. The number of hydrogen-bond donors (Lipinski definition) is 2. The monoisotopic (exact) mass is 359 g/mol. The van der Waals surface area contributed by atoms with Crippen molar-refractivity contribution in [3.8, 4) is 0 Å². The number of benzene rings is 1. The number of anilines is 1. The summed E-state index contributed by atoms with van der Waals surface area (Å²) < 4.78 is 27.5. The van der Waals surface area contributed by atoms with Gasteiger partial charge in [-0.05, 0) is 18.9 Å². The largest absolute Gasteiger partial charge is 0.375 e. The zero-order valence-corrected chi connectivity index (χ0v) is 14.3. The Hall–Kier alpha value is -1.24. The first-order valence-corrected chi connectivity index (χ1v) is 8.31. The molecular weight excluding hydrogens is 340 g/mol. The predicted octanol–water partition coefficient (Wildman–Crippen LogP) is 4.37. The van der Waals surface area contributed by atoms with Gasteiger partial charge in [-0.15, -0.1) is 23.7 Å². The average Bonchev–Trinajstić information content (AvgIpc) is 2.92. The van der Waals surface area contributed by atoms with Crippen LogP contribution in [0.1, 0.15) is 42.5 Å². The van der Waals surface area contributed by atoms with E-state index in [-0.39, 0.29) is 12.4 Å². The molecule has 1 saturated carbocycles. The molecule has 0 radical (unpaired) electrons. The van der Waals surface area contributed by atoms with E-state index in [0.29, 0.717) is 17.2 Å². The second-order valence-corrected chi connectivity index (χ2v) is 6.93. The third-order valence-corrected chi connectivity index (χ3v) is 5.15. The lowest BCUT2D eigenvalue weighted by Gasteiger charge is -2.39. The number of nitrogens with one attached hydrogen (secondary N) is 1. The fraction of sp³-hybridized carbons (Fsp3) is 0.438. The van der Waals surface area contributed by atoms with Crippen LogP contribution in [0.4, 0.5) is 13.9 Å². The van der Waals surface area contributed by atoms with E-state index >= 15 is 0 Å². The highest BCUT2D eigenvalue weighted by Gasteiger charge is 2.35. The van der Waals surface area contributed by atoms with Gasteiger partial charge in [-0.3, -0.25) is 0 Å². The lowest BCUT2D eigenvalue weighted by molar-refractivity contribution is 0.224. The van der Waals surface area contributed by atoms with E-state index in [4.69, 9.17) is 5.73 Å². The molecule has 0 bridgehead atoms. The maximum atomic E-state index is 14.3. The van der Waals surface area contributed by atoms with Crippen LogP contribution in [0, 0.1) is 11.6 Å². The van der Waals surface area contributed by atoms with Crippen molar-refractivity contribution in [2.45, 2.75) is 44.2 Å². The summed E-state index contributed by atoms with van der Waals surface area (Å²) in [7, 11) is 0. The molecule has 126 valence electrons. The molecule has 7 heteroatoms. The van der Waals surface area contributed by atoms with E-state index < -0.39 is 17.2 Å². The van der Waals surface area contributed by atoms with Gasteiger partial charge in [0.25, 0.3) is 0 Å². The smallest absolute Gasteiger partial charge is 0.180 e. The minimum Gasteiger partial charge on any atom is -0.375 e. The molecule has 3 rings (SSSR count). The third-order valence-electron chi connectivity index (χ3n) is 4.33. The average molecular weight is 360 g/mol. The maximum Gasteiger partial charge on any atom is 0.180 e. The zero-order valence-electron chi connectivity index (χ0n) is 12.6. The first-order chi connectivity index (χ1) is 10.6. The summed E-state index contributed by atoms with van der Waals surface area (Å²) in [5, 5.41) is 4.02. The summed E-state index contributed by atoms with van der Waals surface area (Å²) in [6.07, 6.45) is 6.67. The Balaban J connectivity index is 0.00000192. The minimum absolute atomic E-state index is 0. The summed E-state index contributed by atoms with van der Waals surface area (Å²) >= 11 is 1.43. The maximum absolute atomic E-state index is 14.3. The van der Waals surface area contributed by atoms with Crippen molar-refractivity contribution in [1.29, 1.82) is 0 Å². The molecule has 2 aromatic rings. The minimum atomic E-state index is -0.539. The second-order valence-electron chi connectivity index (χ2n) is 5.79. The first-order valence-electron chi connectivity index (χ1n) is 7.50. The quantitative estimate of drug-likeness (QED) is 0.852. The van der Waals surface area contributed by atoms with Gasteiger partial charge >= 0.3 is 0 Å².